The Kier molecular flexibility index (Phi) is 10.3. The topological polar surface area (TPSA) is 123 Å². The number of H-pyrrole nitrogens is 1. The Morgan fingerprint density at radius 2 is 1.80 bits per heavy atom. The van der Waals surface area contributed by atoms with E-state index in [1.165, 1.54) is 6.07 Å². The molecule has 0 bridgehead atoms. The minimum absolute atomic E-state index is 0. The normalized spacial score (nSPS) is 18.1. The van der Waals surface area contributed by atoms with Crippen LogP contribution in [0.2, 0.25) is 0 Å². The first-order valence-corrected chi connectivity index (χ1v) is 16.6. The van der Waals surface area contributed by atoms with E-state index in [0.717, 1.165) is 44.2 Å². The van der Waals surface area contributed by atoms with Crippen molar-refractivity contribution >= 4 is 28.6 Å². The van der Waals surface area contributed by atoms with Gasteiger partial charge in [-0.1, -0.05) is 25.0 Å². The SMILES string of the molecule is COCC1(CN(C)c2cc(-c3ccc(C4CC4)c(C(F)(F)F)c3)nc3nc(-c4cnc(N5CCC(C(=O)[O-])CC5)cn4)[nH]c23)CCCC1.[Na+]. The van der Waals surface area contributed by atoms with Crippen molar-refractivity contribution < 1.29 is 57.4 Å². The molecular formula is C35H39F3N7NaO3. The number of carboxylic acids is 1. The van der Waals surface area contributed by atoms with Crippen molar-refractivity contribution in [2.24, 2.45) is 11.3 Å². The average Bonchev–Trinajstić information content (AvgIpc) is 3.67. The van der Waals surface area contributed by atoms with Gasteiger partial charge in [0.1, 0.15) is 17.0 Å². The summed E-state index contributed by atoms with van der Waals surface area (Å²) in [6.07, 6.45) is 5.60. The number of carbonyl (C=O) groups is 1. The number of nitrogens with one attached hydrogen (secondary N) is 1. The molecule has 0 amide bonds. The van der Waals surface area contributed by atoms with Gasteiger partial charge in [0.05, 0.1) is 35.9 Å². The summed E-state index contributed by atoms with van der Waals surface area (Å²) in [6, 6.07) is 6.41. The number of hydrogen-bond donors (Lipinski definition) is 1. The molecule has 0 radical (unpaired) electrons. The molecule has 2 aliphatic carbocycles. The number of piperidine rings is 1. The first-order valence-electron chi connectivity index (χ1n) is 16.6. The van der Waals surface area contributed by atoms with Gasteiger partial charge in [-0.2, -0.15) is 13.2 Å². The minimum Gasteiger partial charge on any atom is -0.550 e. The molecule has 10 nitrogen and oxygen atoms in total. The van der Waals surface area contributed by atoms with E-state index in [1.807, 2.05) is 18.0 Å². The predicted molar refractivity (Wildman–Crippen MR) is 173 cm³/mol. The van der Waals surface area contributed by atoms with E-state index >= 15 is 0 Å². The number of rotatable bonds is 10. The molecule has 3 fully saturated rings. The van der Waals surface area contributed by atoms with E-state index < -0.39 is 23.6 Å². The van der Waals surface area contributed by atoms with Crippen molar-refractivity contribution in [3.05, 3.63) is 47.8 Å². The molecule has 0 atom stereocenters. The van der Waals surface area contributed by atoms with Gasteiger partial charge in [0.15, 0.2) is 11.5 Å². The zero-order valence-corrected chi connectivity index (χ0v) is 30.1. The van der Waals surface area contributed by atoms with E-state index in [4.69, 9.17) is 14.7 Å². The summed E-state index contributed by atoms with van der Waals surface area (Å²) in [6.45, 7) is 2.41. The molecule has 254 valence electrons. The molecule has 7 rings (SSSR count). The number of halogens is 3. The van der Waals surface area contributed by atoms with Crippen molar-refractivity contribution in [1.82, 2.24) is 24.9 Å². The molecule has 2 saturated carbocycles. The number of alkyl halides is 3. The number of aliphatic carboxylic acids is 1. The fourth-order valence-electron chi connectivity index (χ4n) is 7.57. The number of aromatic nitrogens is 5. The van der Waals surface area contributed by atoms with Gasteiger partial charge in [0.25, 0.3) is 0 Å². The maximum Gasteiger partial charge on any atom is 1.00 e. The summed E-state index contributed by atoms with van der Waals surface area (Å²) < 4.78 is 48.3. The van der Waals surface area contributed by atoms with Crippen LogP contribution in [0.3, 0.4) is 0 Å². The standard InChI is InChI=1S/C35H40F3N7O3.Na/c1-44(19-34(20-48-2)11-3-4-12-34)28-16-26(23-7-8-24(21-5-6-21)25(15-23)35(36,37)38)41-32-30(28)42-31(43-32)27-17-40-29(18-39-27)45-13-9-22(10-14-45)33(46)47;/h7-8,15-18,21-22H,3-6,9-14,19-20H2,1-2H3,(H,46,47)(H,41,42,43);/q;+1/p-1. The van der Waals surface area contributed by atoms with Crippen molar-refractivity contribution in [3.8, 4) is 22.8 Å². The molecule has 0 unspecified atom stereocenters. The number of fused-ring (bicyclic) bond motifs is 1. The van der Waals surface area contributed by atoms with Crippen LogP contribution in [-0.2, 0) is 15.7 Å². The Labute approximate surface area is 305 Å². The maximum absolute atomic E-state index is 14.2. The molecule has 3 aliphatic rings. The first kappa shape index (κ1) is 35.6. The van der Waals surface area contributed by atoms with Gasteiger partial charge in [-0.05, 0) is 62.1 Å². The maximum atomic E-state index is 14.2. The van der Waals surface area contributed by atoms with Crippen LogP contribution < -0.4 is 44.5 Å². The van der Waals surface area contributed by atoms with Gasteiger partial charge in [-0.15, -0.1) is 0 Å². The van der Waals surface area contributed by atoms with Crippen LogP contribution in [0.5, 0.6) is 0 Å². The van der Waals surface area contributed by atoms with Crippen LogP contribution in [-0.4, -0.2) is 71.3 Å². The molecule has 1 aromatic carbocycles. The quantitative estimate of drug-likeness (QED) is 0.251. The number of pyridine rings is 1. The van der Waals surface area contributed by atoms with Gasteiger partial charge >= 0.3 is 35.7 Å². The fraction of sp³-hybridized carbons (Fsp3) is 0.514. The molecule has 1 aliphatic heterocycles. The van der Waals surface area contributed by atoms with E-state index in [2.05, 4.69) is 19.9 Å². The fourth-order valence-corrected chi connectivity index (χ4v) is 7.57. The molecule has 0 spiro atoms. The van der Waals surface area contributed by atoms with E-state index in [9.17, 15) is 23.1 Å². The van der Waals surface area contributed by atoms with Gasteiger partial charge in [-0.3, -0.25) is 0 Å². The summed E-state index contributed by atoms with van der Waals surface area (Å²) >= 11 is 0. The first-order chi connectivity index (χ1) is 23.0. The molecule has 4 aromatic rings. The summed E-state index contributed by atoms with van der Waals surface area (Å²) in [5.74, 6) is -0.445. The summed E-state index contributed by atoms with van der Waals surface area (Å²) in [5.41, 5.74) is 2.78. The van der Waals surface area contributed by atoms with Crippen LogP contribution in [0, 0.1) is 11.3 Å². The number of methoxy groups -OCH3 is 1. The second-order valence-corrected chi connectivity index (χ2v) is 13.7. The van der Waals surface area contributed by atoms with Crippen LogP contribution in [0.1, 0.15) is 68.4 Å². The summed E-state index contributed by atoms with van der Waals surface area (Å²) in [4.78, 5) is 37.5. The number of ether oxygens (including phenoxy) is 1. The molecule has 3 aromatic heterocycles. The predicted octanol–water partition coefficient (Wildman–Crippen LogP) is 2.59. The summed E-state index contributed by atoms with van der Waals surface area (Å²) in [5, 5.41) is 11.2. The molecule has 1 N–H and O–H groups in total. The Bertz CT molecular complexity index is 1800. The van der Waals surface area contributed by atoms with Crippen LogP contribution in [0.25, 0.3) is 33.9 Å². The Hall–Kier alpha value is -3.26. The van der Waals surface area contributed by atoms with Gasteiger partial charge < -0.3 is 29.4 Å². The van der Waals surface area contributed by atoms with Gasteiger partial charge in [0, 0.05) is 56.7 Å². The van der Waals surface area contributed by atoms with Crippen molar-refractivity contribution in [2.75, 3.05) is 50.2 Å². The number of nitrogens with zero attached hydrogens (tertiary/aromatic N) is 6. The monoisotopic (exact) mass is 685 g/mol. The number of hydrogen-bond acceptors (Lipinski definition) is 9. The minimum atomic E-state index is -4.47. The Morgan fingerprint density at radius 1 is 1.06 bits per heavy atom. The molecule has 14 heteroatoms. The molecular weight excluding hydrogens is 646 g/mol. The van der Waals surface area contributed by atoms with Crippen LogP contribution in [0.15, 0.2) is 36.7 Å². The molecule has 49 heavy (non-hydrogen) atoms. The van der Waals surface area contributed by atoms with Crippen molar-refractivity contribution in [1.29, 1.82) is 0 Å². The van der Waals surface area contributed by atoms with E-state index in [-0.39, 0.29) is 40.9 Å². The van der Waals surface area contributed by atoms with Crippen LogP contribution in [0.4, 0.5) is 24.7 Å². The second-order valence-electron chi connectivity index (χ2n) is 13.7. The average molecular weight is 686 g/mol. The second kappa shape index (κ2) is 14.2. The van der Waals surface area contributed by atoms with Crippen LogP contribution >= 0.6 is 0 Å². The van der Waals surface area contributed by atoms with E-state index in [0.29, 0.717) is 84.4 Å². The number of carboxylic acid groups (broad SMARTS) is 1. The van der Waals surface area contributed by atoms with Gasteiger partial charge in [-0.25, -0.2) is 19.9 Å². The number of imidazole rings is 1. The zero-order chi connectivity index (χ0) is 33.6. The zero-order valence-electron chi connectivity index (χ0n) is 28.1. The number of carbonyl (C=O) groups excluding carboxylic acids is 1. The number of aromatic amines is 1. The molecule has 1 saturated heterocycles. The number of anilines is 2. The third kappa shape index (κ3) is 7.45. The third-order valence-corrected chi connectivity index (χ3v) is 10.2. The van der Waals surface area contributed by atoms with Crippen molar-refractivity contribution in [2.45, 2.75) is 63.5 Å². The smallest absolute Gasteiger partial charge is 0.550 e. The van der Waals surface area contributed by atoms with E-state index in [1.54, 1.807) is 31.6 Å². The Morgan fingerprint density at radius 3 is 2.41 bits per heavy atom. The largest absolute Gasteiger partial charge is 1.00 e. The number of benzene rings is 1. The third-order valence-electron chi connectivity index (χ3n) is 10.2. The van der Waals surface area contributed by atoms with Crippen molar-refractivity contribution in [3.63, 3.8) is 0 Å². The summed E-state index contributed by atoms with van der Waals surface area (Å²) in [7, 11) is 3.71. The van der Waals surface area contributed by atoms with Gasteiger partial charge in [0.2, 0.25) is 0 Å². The Balaban J connectivity index is 0.00000417. The molecule has 4 heterocycles.